The molecule has 0 spiro atoms. The number of nitrogens with one attached hydrogen (secondary N) is 1. The Hall–Kier alpha value is -0.910. The zero-order valence-electron chi connectivity index (χ0n) is 7.13. The number of alkyl halides is 2. The van der Waals surface area contributed by atoms with E-state index in [2.05, 4.69) is 5.32 Å². The normalized spacial score (nSPS) is 17.6. The van der Waals surface area contributed by atoms with Crippen LogP contribution in [-0.4, -0.2) is 50.2 Å². The summed E-state index contributed by atoms with van der Waals surface area (Å²) in [5, 5.41) is 2.13. The average Bonchev–Trinajstić information content (AvgIpc) is 2.15. The van der Waals surface area contributed by atoms with E-state index in [1.807, 2.05) is 0 Å². The molecular formula is C7H12F2N2O2. The highest BCUT2D eigenvalue weighted by Gasteiger charge is 2.17. The Morgan fingerprint density at radius 1 is 1.46 bits per heavy atom. The minimum Gasteiger partial charge on any atom is -0.378 e. The van der Waals surface area contributed by atoms with Gasteiger partial charge in [-0.05, 0) is 0 Å². The minimum absolute atomic E-state index is 0.441. The van der Waals surface area contributed by atoms with Crippen molar-refractivity contribution in [2.24, 2.45) is 0 Å². The quantitative estimate of drug-likeness (QED) is 0.686. The zero-order chi connectivity index (χ0) is 9.68. The van der Waals surface area contributed by atoms with Crippen molar-refractivity contribution in [2.45, 2.75) is 6.43 Å². The van der Waals surface area contributed by atoms with Crippen molar-refractivity contribution in [1.82, 2.24) is 10.2 Å². The van der Waals surface area contributed by atoms with Crippen LogP contribution in [0.15, 0.2) is 0 Å². The molecule has 1 fully saturated rings. The van der Waals surface area contributed by atoms with Crippen LogP contribution < -0.4 is 5.32 Å². The Balaban J connectivity index is 2.21. The molecule has 0 aliphatic carbocycles. The van der Waals surface area contributed by atoms with Crippen LogP contribution in [0.25, 0.3) is 0 Å². The van der Waals surface area contributed by atoms with Gasteiger partial charge in [-0.2, -0.15) is 0 Å². The van der Waals surface area contributed by atoms with Crippen molar-refractivity contribution in [2.75, 3.05) is 32.8 Å². The summed E-state index contributed by atoms with van der Waals surface area (Å²) in [6.07, 6.45) is -2.50. The van der Waals surface area contributed by atoms with Crippen LogP contribution in [0.2, 0.25) is 0 Å². The minimum atomic E-state index is -2.50. The van der Waals surface area contributed by atoms with Gasteiger partial charge in [-0.25, -0.2) is 13.6 Å². The molecule has 0 aromatic rings. The number of carbonyl (C=O) groups is 1. The second-order valence-corrected chi connectivity index (χ2v) is 2.68. The number of ether oxygens (including phenoxy) is 1. The molecule has 1 heterocycles. The first kappa shape index (κ1) is 10.2. The zero-order valence-corrected chi connectivity index (χ0v) is 7.13. The Morgan fingerprint density at radius 2 is 2.08 bits per heavy atom. The topological polar surface area (TPSA) is 41.6 Å². The van der Waals surface area contributed by atoms with Gasteiger partial charge in [0, 0.05) is 13.1 Å². The second-order valence-electron chi connectivity index (χ2n) is 2.68. The SMILES string of the molecule is O=C(NCC(F)F)N1CCOCC1. The van der Waals surface area contributed by atoms with Crippen LogP contribution in [0, 0.1) is 0 Å². The number of hydrogen-bond donors (Lipinski definition) is 1. The highest BCUT2D eigenvalue weighted by molar-refractivity contribution is 5.74. The summed E-state index contributed by atoms with van der Waals surface area (Å²) in [4.78, 5) is 12.6. The van der Waals surface area contributed by atoms with Crippen molar-refractivity contribution >= 4 is 6.03 Å². The summed E-state index contributed by atoms with van der Waals surface area (Å²) >= 11 is 0. The Kier molecular flexibility index (Phi) is 3.88. The molecule has 4 nitrogen and oxygen atoms in total. The van der Waals surface area contributed by atoms with E-state index in [0.29, 0.717) is 26.3 Å². The van der Waals surface area contributed by atoms with Gasteiger partial charge in [0.25, 0.3) is 6.43 Å². The molecule has 0 atom stereocenters. The van der Waals surface area contributed by atoms with Crippen LogP contribution in [0.1, 0.15) is 0 Å². The Morgan fingerprint density at radius 3 is 2.62 bits per heavy atom. The predicted octanol–water partition coefficient (Wildman–Crippen LogP) is 0.293. The molecule has 2 amide bonds. The predicted molar refractivity (Wildman–Crippen MR) is 41.8 cm³/mol. The molecule has 1 saturated heterocycles. The molecule has 6 heteroatoms. The summed E-state index contributed by atoms with van der Waals surface area (Å²) in [6.45, 7) is 1.30. The summed E-state index contributed by atoms with van der Waals surface area (Å²) in [5.41, 5.74) is 0. The summed E-state index contributed by atoms with van der Waals surface area (Å²) in [7, 11) is 0. The molecule has 0 aromatic heterocycles. The lowest BCUT2D eigenvalue weighted by atomic mass is 10.4. The molecule has 1 aliphatic heterocycles. The van der Waals surface area contributed by atoms with Crippen molar-refractivity contribution < 1.29 is 18.3 Å². The number of morpholine rings is 1. The van der Waals surface area contributed by atoms with E-state index in [0.717, 1.165) is 0 Å². The van der Waals surface area contributed by atoms with Gasteiger partial charge < -0.3 is 15.0 Å². The number of nitrogens with zero attached hydrogens (tertiary/aromatic N) is 1. The molecular weight excluding hydrogens is 182 g/mol. The number of carbonyl (C=O) groups excluding carboxylic acids is 1. The van der Waals surface area contributed by atoms with Crippen LogP contribution >= 0.6 is 0 Å². The van der Waals surface area contributed by atoms with Crippen molar-refractivity contribution in [3.05, 3.63) is 0 Å². The number of amides is 2. The van der Waals surface area contributed by atoms with Crippen molar-refractivity contribution in [1.29, 1.82) is 0 Å². The van der Waals surface area contributed by atoms with E-state index in [1.54, 1.807) is 0 Å². The molecule has 0 saturated carbocycles. The van der Waals surface area contributed by atoms with Gasteiger partial charge in [0.15, 0.2) is 0 Å². The van der Waals surface area contributed by atoms with Crippen LogP contribution in [0.5, 0.6) is 0 Å². The molecule has 0 aromatic carbocycles. The Labute approximate surface area is 74.8 Å². The highest BCUT2D eigenvalue weighted by atomic mass is 19.3. The lowest BCUT2D eigenvalue weighted by molar-refractivity contribution is 0.0516. The van der Waals surface area contributed by atoms with Gasteiger partial charge >= 0.3 is 6.03 Å². The average molecular weight is 194 g/mol. The van der Waals surface area contributed by atoms with E-state index >= 15 is 0 Å². The molecule has 1 aliphatic rings. The fraction of sp³-hybridized carbons (Fsp3) is 0.857. The van der Waals surface area contributed by atoms with Crippen molar-refractivity contribution in [3.8, 4) is 0 Å². The van der Waals surface area contributed by atoms with Gasteiger partial charge in [-0.3, -0.25) is 0 Å². The van der Waals surface area contributed by atoms with E-state index < -0.39 is 19.0 Å². The van der Waals surface area contributed by atoms with Crippen LogP contribution in [-0.2, 0) is 4.74 Å². The van der Waals surface area contributed by atoms with Gasteiger partial charge in [-0.1, -0.05) is 0 Å². The third-order valence-electron chi connectivity index (χ3n) is 1.71. The monoisotopic (exact) mass is 194 g/mol. The molecule has 13 heavy (non-hydrogen) atoms. The van der Waals surface area contributed by atoms with E-state index in [4.69, 9.17) is 4.74 Å². The van der Waals surface area contributed by atoms with E-state index in [9.17, 15) is 13.6 Å². The summed E-state index contributed by atoms with van der Waals surface area (Å²) in [5.74, 6) is 0. The fourth-order valence-electron chi connectivity index (χ4n) is 1.04. The first-order valence-electron chi connectivity index (χ1n) is 4.09. The summed E-state index contributed by atoms with van der Waals surface area (Å²) < 4.78 is 28.4. The number of rotatable bonds is 2. The highest BCUT2D eigenvalue weighted by Crippen LogP contribution is 1.97. The lowest BCUT2D eigenvalue weighted by Crippen LogP contribution is -2.47. The smallest absolute Gasteiger partial charge is 0.317 e. The summed E-state index contributed by atoms with van der Waals surface area (Å²) in [6, 6.07) is -0.441. The standard InChI is InChI=1S/C7H12F2N2O2/c8-6(9)5-10-7(12)11-1-3-13-4-2-11/h6H,1-5H2,(H,10,12). The molecule has 76 valence electrons. The molecule has 0 unspecified atom stereocenters. The van der Waals surface area contributed by atoms with Crippen LogP contribution in [0.4, 0.5) is 13.6 Å². The number of urea groups is 1. The van der Waals surface area contributed by atoms with Crippen molar-refractivity contribution in [3.63, 3.8) is 0 Å². The maximum Gasteiger partial charge on any atom is 0.317 e. The van der Waals surface area contributed by atoms with E-state index in [-0.39, 0.29) is 0 Å². The molecule has 0 radical (unpaired) electrons. The maximum atomic E-state index is 11.7. The van der Waals surface area contributed by atoms with Crippen LogP contribution in [0.3, 0.4) is 0 Å². The first-order chi connectivity index (χ1) is 6.20. The van der Waals surface area contributed by atoms with E-state index in [1.165, 1.54) is 4.90 Å². The third-order valence-corrected chi connectivity index (χ3v) is 1.71. The van der Waals surface area contributed by atoms with Gasteiger partial charge in [0.2, 0.25) is 0 Å². The van der Waals surface area contributed by atoms with Gasteiger partial charge in [0.05, 0.1) is 19.8 Å². The Bertz CT molecular complexity index is 172. The largest absolute Gasteiger partial charge is 0.378 e. The second kappa shape index (κ2) is 4.96. The molecule has 1 rings (SSSR count). The molecule has 0 bridgehead atoms. The lowest BCUT2D eigenvalue weighted by Gasteiger charge is -2.26. The first-order valence-corrected chi connectivity index (χ1v) is 4.09. The maximum absolute atomic E-state index is 11.7. The molecule has 1 N–H and O–H groups in total. The van der Waals surface area contributed by atoms with Gasteiger partial charge in [0.1, 0.15) is 0 Å². The van der Waals surface area contributed by atoms with Gasteiger partial charge in [-0.15, -0.1) is 0 Å². The number of halogens is 2. The fourth-order valence-corrected chi connectivity index (χ4v) is 1.04. The third kappa shape index (κ3) is 3.54. The number of hydrogen-bond acceptors (Lipinski definition) is 2.